The first-order chi connectivity index (χ1) is 11.4. The molecule has 0 unspecified atom stereocenters. The van der Waals surface area contributed by atoms with Gasteiger partial charge in [-0.1, -0.05) is 19.8 Å². The van der Waals surface area contributed by atoms with E-state index in [2.05, 4.69) is 16.5 Å². The lowest BCUT2D eigenvalue weighted by Gasteiger charge is -2.32. The molecule has 0 aromatic heterocycles. The van der Waals surface area contributed by atoms with Crippen LogP contribution >= 0.6 is 0 Å². The Morgan fingerprint density at radius 1 is 1.08 bits per heavy atom. The van der Waals surface area contributed by atoms with E-state index in [1.807, 2.05) is 11.9 Å². The number of piperazine rings is 1. The van der Waals surface area contributed by atoms with Gasteiger partial charge in [0.1, 0.15) is 0 Å². The molecule has 0 radical (unpaired) electrons. The molecule has 1 saturated heterocycles. The van der Waals surface area contributed by atoms with Crippen LogP contribution in [0.5, 0.6) is 0 Å². The number of rotatable bonds is 7. The minimum atomic E-state index is -3.50. The van der Waals surface area contributed by atoms with Crippen molar-refractivity contribution in [3.05, 3.63) is 29.8 Å². The topological polar surface area (TPSA) is 69.7 Å². The van der Waals surface area contributed by atoms with Crippen LogP contribution in [-0.4, -0.2) is 63.9 Å². The molecule has 1 aromatic rings. The first kappa shape index (κ1) is 18.9. The molecule has 1 N–H and O–H groups in total. The molecule has 7 heteroatoms. The second kappa shape index (κ2) is 8.60. The summed E-state index contributed by atoms with van der Waals surface area (Å²) in [7, 11) is -1.46. The summed E-state index contributed by atoms with van der Waals surface area (Å²) in [4.78, 5) is 16.7. The van der Waals surface area contributed by atoms with Gasteiger partial charge in [-0.15, -0.1) is 0 Å². The fourth-order valence-electron chi connectivity index (χ4n) is 2.63. The van der Waals surface area contributed by atoms with Crippen molar-refractivity contribution in [1.29, 1.82) is 0 Å². The van der Waals surface area contributed by atoms with Gasteiger partial charge in [0.25, 0.3) is 5.91 Å². The predicted molar refractivity (Wildman–Crippen MR) is 94.6 cm³/mol. The Morgan fingerprint density at radius 2 is 1.71 bits per heavy atom. The van der Waals surface area contributed by atoms with Gasteiger partial charge in [-0.25, -0.2) is 13.1 Å². The van der Waals surface area contributed by atoms with Crippen LogP contribution in [0.3, 0.4) is 0 Å². The summed E-state index contributed by atoms with van der Waals surface area (Å²) >= 11 is 0. The molecule has 1 fully saturated rings. The largest absolute Gasteiger partial charge is 0.336 e. The number of sulfonamides is 1. The van der Waals surface area contributed by atoms with E-state index in [0.717, 1.165) is 32.4 Å². The van der Waals surface area contributed by atoms with Crippen LogP contribution in [0.25, 0.3) is 0 Å². The molecule has 1 amide bonds. The maximum absolute atomic E-state index is 12.5. The fourth-order valence-corrected chi connectivity index (χ4v) is 3.71. The first-order valence-corrected chi connectivity index (χ1v) is 10.00. The number of hydrogen-bond donors (Lipinski definition) is 1. The average Bonchev–Trinajstić information content (AvgIpc) is 2.59. The van der Waals surface area contributed by atoms with Crippen molar-refractivity contribution >= 4 is 15.9 Å². The van der Waals surface area contributed by atoms with Crippen molar-refractivity contribution in [2.24, 2.45) is 0 Å². The highest BCUT2D eigenvalue weighted by Crippen LogP contribution is 2.13. The van der Waals surface area contributed by atoms with Gasteiger partial charge in [0.05, 0.1) is 4.90 Å². The van der Waals surface area contributed by atoms with Gasteiger partial charge in [-0.3, -0.25) is 4.79 Å². The van der Waals surface area contributed by atoms with Crippen LogP contribution in [0.4, 0.5) is 0 Å². The minimum Gasteiger partial charge on any atom is -0.336 e. The van der Waals surface area contributed by atoms with Gasteiger partial charge in [0, 0.05) is 38.3 Å². The first-order valence-electron chi connectivity index (χ1n) is 8.51. The zero-order valence-electron chi connectivity index (χ0n) is 14.5. The van der Waals surface area contributed by atoms with Crippen molar-refractivity contribution in [2.75, 3.05) is 39.8 Å². The molecule has 0 bridgehead atoms. The average molecular weight is 353 g/mol. The summed E-state index contributed by atoms with van der Waals surface area (Å²) in [5.41, 5.74) is 0.532. The molecule has 2 rings (SSSR count). The fraction of sp³-hybridized carbons (Fsp3) is 0.588. The zero-order chi connectivity index (χ0) is 17.6. The van der Waals surface area contributed by atoms with Gasteiger partial charge >= 0.3 is 0 Å². The van der Waals surface area contributed by atoms with Gasteiger partial charge in [-0.2, -0.15) is 0 Å². The summed E-state index contributed by atoms with van der Waals surface area (Å²) < 4.78 is 27.0. The van der Waals surface area contributed by atoms with Crippen molar-refractivity contribution < 1.29 is 13.2 Å². The van der Waals surface area contributed by atoms with E-state index < -0.39 is 10.0 Å². The zero-order valence-corrected chi connectivity index (χ0v) is 15.3. The summed E-state index contributed by atoms with van der Waals surface area (Å²) in [5.74, 6) is -0.0389. The SMILES string of the molecule is CCCCCNS(=O)(=O)c1ccc(C(=O)N2CCN(C)CC2)cc1. The van der Waals surface area contributed by atoms with Crippen molar-refractivity contribution in [3.8, 4) is 0 Å². The van der Waals surface area contributed by atoms with E-state index in [1.165, 1.54) is 12.1 Å². The minimum absolute atomic E-state index is 0.0389. The van der Waals surface area contributed by atoms with Crippen LogP contribution in [0, 0.1) is 0 Å². The highest BCUT2D eigenvalue weighted by molar-refractivity contribution is 7.89. The number of amides is 1. The lowest BCUT2D eigenvalue weighted by atomic mass is 10.2. The molecular formula is C17H27N3O3S. The van der Waals surface area contributed by atoms with Crippen LogP contribution < -0.4 is 4.72 Å². The van der Waals surface area contributed by atoms with Gasteiger partial charge in [-0.05, 0) is 37.7 Å². The Balaban J connectivity index is 1.98. The Bertz CT molecular complexity index is 636. The Labute approximate surface area is 144 Å². The molecule has 1 aliphatic heterocycles. The van der Waals surface area contributed by atoms with Crippen LogP contribution in [0.1, 0.15) is 36.5 Å². The Hall–Kier alpha value is -1.44. The maximum atomic E-state index is 12.5. The van der Waals surface area contributed by atoms with E-state index in [0.29, 0.717) is 25.2 Å². The number of carbonyl (C=O) groups excluding carboxylic acids is 1. The number of unbranched alkanes of at least 4 members (excludes halogenated alkanes) is 2. The number of carbonyl (C=O) groups is 1. The van der Waals surface area contributed by atoms with E-state index >= 15 is 0 Å². The summed E-state index contributed by atoms with van der Waals surface area (Å²) in [6.45, 7) is 5.64. The monoisotopic (exact) mass is 353 g/mol. The van der Waals surface area contributed by atoms with Gasteiger partial charge < -0.3 is 9.80 Å². The third-order valence-electron chi connectivity index (χ3n) is 4.27. The lowest BCUT2D eigenvalue weighted by molar-refractivity contribution is 0.0664. The highest BCUT2D eigenvalue weighted by Gasteiger charge is 2.21. The van der Waals surface area contributed by atoms with Gasteiger partial charge in [0.2, 0.25) is 10.0 Å². The third-order valence-corrected chi connectivity index (χ3v) is 5.75. The smallest absolute Gasteiger partial charge is 0.253 e. The molecule has 24 heavy (non-hydrogen) atoms. The quantitative estimate of drug-likeness (QED) is 0.755. The van der Waals surface area contributed by atoms with E-state index in [4.69, 9.17) is 0 Å². The van der Waals surface area contributed by atoms with Crippen molar-refractivity contribution in [3.63, 3.8) is 0 Å². The summed E-state index contributed by atoms with van der Waals surface area (Å²) in [5, 5.41) is 0. The molecule has 134 valence electrons. The molecule has 1 aliphatic rings. The molecule has 1 heterocycles. The van der Waals surface area contributed by atoms with Gasteiger partial charge in [0.15, 0.2) is 0 Å². The molecule has 0 aliphatic carbocycles. The molecule has 0 saturated carbocycles. The van der Waals surface area contributed by atoms with E-state index in [9.17, 15) is 13.2 Å². The second-order valence-corrected chi connectivity index (χ2v) is 7.99. The molecule has 1 aromatic carbocycles. The number of nitrogens with zero attached hydrogens (tertiary/aromatic N) is 2. The number of benzene rings is 1. The van der Waals surface area contributed by atoms with E-state index in [1.54, 1.807) is 12.1 Å². The Kier molecular flexibility index (Phi) is 6.77. The number of likely N-dealkylation sites (N-methyl/N-ethyl adjacent to an activating group) is 1. The Morgan fingerprint density at radius 3 is 2.29 bits per heavy atom. The molecule has 6 nitrogen and oxygen atoms in total. The molecule has 0 atom stereocenters. The number of hydrogen-bond acceptors (Lipinski definition) is 4. The van der Waals surface area contributed by atoms with Crippen molar-refractivity contribution in [1.82, 2.24) is 14.5 Å². The van der Waals surface area contributed by atoms with Crippen LogP contribution in [0.15, 0.2) is 29.2 Å². The third kappa shape index (κ3) is 5.03. The highest BCUT2D eigenvalue weighted by atomic mass is 32.2. The van der Waals surface area contributed by atoms with E-state index in [-0.39, 0.29) is 10.8 Å². The molecule has 0 spiro atoms. The maximum Gasteiger partial charge on any atom is 0.253 e. The predicted octanol–water partition coefficient (Wildman–Crippen LogP) is 1.54. The lowest BCUT2D eigenvalue weighted by Crippen LogP contribution is -2.47. The summed E-state index contributed by atoms with van der Waals surface area (Å²) in [6, 6.07) is 6.21. The molecular weight excluding hydrogens is 326 g/mol. The standard InChI is InChI=1S/C17H27N3O3S/c1-3-4-5-10-18-24(22,23)16-8-6-15(7-9-16)17(21)20-13-11-19(2)12-14-20/h6-9,18H,3-5,10-14H2,1-2H3. The summed E-state index contributed by atoms with van der Waals surface area (Å²) in [6.07, 6.45) is 2.88. The number of nitrogens with one attached hydrogen (secondary N) is 1. The van der Waals surface area contributed by atoms with Crippen LogP contribution in [0.2, 0.25) is 0 Å². The second-order valence-electron chi connectivity index (χ2n) is 6.22. The normalized spacial score (nSPS) is 16.3. The van der Waals surface area contributed by atoms with Crippen molar-refractivity contribution in [2.45, 2.75) is 31.1 Å². The van der Waals surface area contributed by atoms with Crippen LogP contribution in [-0.2, 0) is 10.0 Å².